The van der Waals surface area contributed by atoms with E-state index < -0.39 is 32.8 Å². The van der Waals surface area contributed by atoms with Gasteiger partial charge in [-0.2, -0.15) is 0 Å². The van der Waals surface area contributed by atoms with Crippen LogP contribution in [-0.2, 0) is 9.84 Å². The smallest absolute Gasteiger partial charge is 0.163 e. The van der Waals surface area contributed by atoms with Gasteiger partial charge < -0.3 is 5.32 Å². The molecule has 0 saturated carbocycles. The molecular weight excluding hydrogens is 284 g/mol. The van der Waals surface area contributed by atoms with E-state index in [0.717, 1.165) is 12.7 Å². The van der Waals surface area contributed by atoms with Gasteiger partial charge in [-0.1, -0.05) is 19.1 Å². The van der Waals surface area contributed by atoms with Gasteiger partial charge in [0.15, 0.2) is 21.5 Å². The average Bonchev–Trinajstić information content (AvgIpc) is 2.37. The maximum atomic E-state index is 14.1. The summed E-state index contributed by atoms with van der Waals surface area (Å²) in [6.45, 7) is 5.41. The molecule has 6 heteroatoms. The molecule has 0 aliphatic rings. The average molecular weight is 305 g/mol. The lowest BCUT2D eigenvalue weighted by molar-refractivity contribution is 0.448. The van der Waals surface area contributed by atoms with Gasteiger partial charge in [0.1, 0.15) is 0 Å². The van der Waals surface area contributed by atoms with Crippen LogP contribution < -0.4 is 5.32 Å². The molecule has 0 saturated heterocycles. The SMILES string of the molecule is CCCNC(c1ccc(C)c(F)c1F)C(C)S(C)(=O)=O. The molecule has 0 spiro atoms. The van der Waals surface area contributed by atoms with Gasteiger partial charge in [0.2, 0.25) is 0 Å². The molecule has 2 unspecified atom stereocenters. The summed E-state index contributed by atoms with van der Waals surface area (Å²) >= 11 is 0. The Morgan fingerprint density at radius 2 is 1.85 bits per heavy atom. The fourth-order valence-electron chi connectivity index (χ4n) is 1.98. The molecule has 0 radical (unpaired) electrons. The molecule has 0 aromatic heterocycles. The Morgan fingerprint density at radius 3 is 2.35 bits per heavy atom. The lowest BCUT2D eigenvalue weighted by Gasteiger charge is -2.25. The first-order valence-electron chi connectivity index (χ1n) is 6.56. The summed E-state index contributed by atoms with van der Waals surface area (Å²) in [4.78, 5) is 0. The van der Waals surface area contributed by atoms with Gasteiger partial charge in [0.25, 0.3) is 0 Å². The quantitative estimate of drug-likeness (QED) is 0.879. The predicted molar refractivity (Wildman–Crippen MR) is 76.4 cm³/mol. The summed E-state index contributed by atoms with van der Waals surface area (Å²) in [5.41, 5.74) is 0.256. The van der Waals surface area contributed by atoms with Crippen molar-refractivity contribution < 1.29 is 17.2 Å². The molecule has 0 aliphatic carbocycles. The molecule has 1 aromatic rings. The van der Waals surface area contributed by atoms with Gasteiger partial charge in [-0.3, -0.25) is 0 Å². The van der Waals surface area contributed by atoms with Gasteiger partial charge >= 0.3 is 0 Å². The molecule has 3 nitrogen and oxygen atoms in total. The van der Waals surface area contributed by atoms with Gasteiger partial charge in [0, 0.05) is 11.8 Å². The van der Waals surface area contributed by atoms with E-state index in [-0.39, 0.29) is 11.1 Å². The Hall–Kier alpha value is -1.01. The summed E-state index contributed by atoms with van der Waals surface area (Å²) < 4.78 is 51.2. The Bertz CT molecular complexity index is 573. The molecule has 2 atom stereocenters. The summed E-state index contributed by atoms with van der Waals surface area (Å²) in [5.74, 6) is -1.90. The van der Waals surface area contributed by atoms with Crippen LogP contribution in [0.15, 0.2) is 12.1 Å². The first-order valence-corrected chi connectivity index (χ1v) is 8.52. The third-order valence-electron chi connectivity index (χ3n) is 3.40. The molecule has 0 amide bonds. The number of nitrogens with one attached hydrogen (secondary N) is 1. The van der Waals surface area contributed by atoms with E-state index in [2.05, 4.69) is 5.32 Å². The number of hydrogen-bond donors (Lipinski definition) is 1. The molecule has 1 aromatic carbocycles. The fraction of sp³-hybridized carbons (Fsp3) is 0.571. The number of sulfone groups is 1. The summed E-state index contributed by atoms with van der Waals surface area (Å²) in [7, 11) is -3.37. The molecule has 1 rings (SSSR count). The zero-order valence-corrected chi connectivity index (χ0v) is 13.0. The van der Waals surface area contributed by atoms with E-state index in [9.17, 15) is 17.2 Å². The Balaban J connectivity index is 3.28. The molecule has 114 valence electrons. The van der Waals surface area contributed by atoms with Gasteiger partial charge in [-0.25, -0.2) is 17.2 Å². The second kappa shape index (κ2) is 6.63. The minimum Gasteiger partial charge on any atom is -0.309 e. The van der Waals surface area contributed by atoms with Gasteiger partial charge in [-0.05, 0) is 32.4 Å². The van der Waals surface area contributed by atoms with Crippen LogP contribution in [0.1, 0.15) is 37.4 Å². The number of hydrogen-bond acceptors (Lipinski definition) is 3. The number of aryl methyl sites for hydroxylation is 1. The second-order valence-electron chi connectivity index (χ2n) is 5.07. The zero-order valence-electron chi connectivity index (χ0n) is 12.2. The minimum absolute atomic E-state index is 0.0551. The highest BCUT2D eigenvalue weighted by molar-refractivity contribution is 7.91. The summed E-state index contributed by atoms with van der Waals surface area (Å²) in [6.07, 6.45) is 1.86. The third kappa shape index (κ3) is 3.76. The number of benzene rings is 1. The topological polar surface area (TPSA) is 46.2 Å². The number of rotatable bonds is 6. The first-order chi connectivity index (χ1) is 9.20. The van der Waals surface area contributed by atoms with E-state index in [4.69, 9.17) is 0 Å². The number of halogens is 2. The van der Waals surface area contributed by atoms with Crippen molar-refractivity contribution in [3.63, 3.8) is 0 Å². The van der Waals surface area contributed by atoms with E-state index in [1.165, 1.54) is 26.0 Å². The first kappa shape index (κ1) is 17.0. The van der Waals surface area contributed by atoms with Crippen molar-refractivity contribution in [1.29, 1.82) is 0 Å². The van der Waals surface area contributed by atoms with Crippen molar-refractivity contribution in [2.45, 2.75) is 38.5 Å². The minimum atomic E-state index is -3.37. The molecule has 20 heavy (non-hydrogen) atoms. The van der Waals surface area contributed by atoms with Crippen LogP contribution in [0.5, 0.6) is 0 Å². The Labute approximate surface area is 119 Å². The maximum Gasteiger partial charge on any atom is 0.163 e. The predicted octanol–water partition coefficient (Wildman–Crippen LogP) is 2.75. The van der Waals surface area contributed by atoms with Crippen LogP contribution in [0, 0.1) is 18.6 Å². The third-order valence-corrected chi connectivity index (χ3v) is 5.02. The van der Waals surface area contributed by atoms with Crippen molar-refractivity contribution in [3.05, 3.63) is 34.9 Å². The highest BCUT2D eigenvalue weighted by Gasteiger charge is 2.30. The molecule has 1 N–H and O–H groups in total. The standard InChI is InChI=1S/C14H21F2NO2S/c1-5-8-17-14(10(3)20(4,18)19)11-7-6-9(2)12(15)13(11)16/h6-7,10,14,17H,5,8H2,1-4H3. The molecule has 0 heterocycles. The maximum absolute atomic E-state index is 14.1. The van der Waals surface area contributed by atoms with Gasteiger partial charge in [0.05, 0.1) is 11.3 Å². The zero-order chi connectivity index (χ0) is 15.5. The molecule has 0 bridgehead atoms. The van der Waals surface area contributed by atoms with Crippen LogP contribution >= 0.6 is 0 Å². The van der Waals surface area contributed by atoms with Crippen molar-refractivity contribution >= 4 is 9.84 Å². The Morgan fingerprint density at radius 1 is 1.25 bits per heavy atom. The van der Waals surface area contributed by atoms with Gasteiger partial charge in [-0.15, -0.1) is 0 Å². The van der Waals surface area contributed by atoms with E-state index in [0.29, 0.717) is 6.54 Å². The summed E-state index contributed by atoms with van der Waals surface area (Å²) in [6, 6.07) is 2.15. The summed E-state index contributed by atoms with van der Waals surface area (Å²) in [5, 5.41) is 2.15. The van der Waals surface area contributed by atoms with E-state index >= 15 is 0 Å². The van der Waals surface area contributed by atoms with E-state index in [1.54, 1.807) is 0 Å². The molecular formula is C14H21F2NO2S. The second-order valence-corrected chi connectivity index (χ2v) is 7.47. The lowest BCUT2D eigenvalue weighted by Crippen LogP contribution is -2.36. The van der Waals surface area contributed by atoms with Crippen molar-refractivity contribution in [3.8, 4) is 0 Å². The van der Waals surface area contributed by atoms with Crippen molar-refractivity contribution in [2.75, 3.05) is 12.8 Å². The molecule has 0 fully saturated rings. The van der Waals surface area contributed by atoms with Crippen molar-refractivity contribution in [2.24, 2.45) is 0 Å². The van der Waals surface area contributed by atoms with E-state index in [1.807, 2.05) is 6.92 Å². The van der Waals surface area contributed by atoms with Crippen LogP contribution in [-0.4, -0.2) is 26.5 Å². The largest absolute Gasteiger partial charge is 0.309 e. The highest BCUT2D eigenvalue weighted by atomic mass is 32.2. The van der Waals surface area contributed by atoms with Crippen LogP contribution in [0.3, 0.4) is 0 Å². The molecule has 0 aliphatic heterocycles. The fourth-order valence-corrected chi connectivity index (χ4v) is 2.71. The normalized spacial score (nSPS) is 15.1. The van der Waals surface area contributed by atoms with Crippen molar-refractivity contribution in [1.82, 2.24) is 5.32 Å². The van der Waals surface area contributed by atoms with Crippen LogP contribution in [0.2, 0.25) is 0 Å². The Kier molecular flexibility index (Phi) is 5.65. The van der Waals surface area contributed by atoms with Crippen LogP contribution in [0.4, 0.5) is 8.78 Å². The highest BCUT2D eigenvalue weighted by Crippen LogP contribution is 2.27. The monoisotopic (exact) mass is 305 g/mol. The van der Waals surface area contributed by atoms with Crippen LogP contribution in [0.25, 0.3) is 0 Å². The lowest BCUT2D eigenvalue weighted by atomic mass is 10.0.